The van der Waals surface area contributed by atoms with E-state index < -0.39 is 5.51 Å². The number of alkyl halides is 4. The maximum atomic E-state index is 11.0. The summed E-state index contributed by atoms with van der Waals surface area (Å²) < 4.78 is 32.9. The van der Waals surface area contributed by atoms with Crippen molar-refractivity contribution in [2.45, 2.75) is 5.51 Å². The van der Waals surface area contributed by atoms with Crippen LogP contribution in [0.25, 0.3) is 0 Å². The summed E-state index contributed by atoms with van der Waals surface area (Å²) in [6.45, 7) is 0. The molecule has 44 valence electrons. The second kappa shape index (κ2) is 2.81. The molecule has 0 amide bonds. The molecule has 0 radical (unpaired) electrons. The Labute approximate surface area is 51.6 Å². The number of thioether (sulfide) groups is 1. The molecule has 0 nitrogen and oxygen atoms in total. The van der Waals surface area contributed by atoms with Crippen molar-refractivity contribution in [2.24, 2.45) is 0 Å². The summed E-state index contributed by atoms with van der Waals surface area (Å²) in [4.78, 5) is 0. The van der Waals surface area contributed by atoms with Gasteiger partial charge in [0.25, 0.3) is 0 Å². The summed E-state index contributed by atoms with van der Waals surface area (Å²) in [6, 6.07) is 0. The van der Waals surface area contributed by atoms with Crippen molar-refractivity contribution in [3.8, 4) is 0 Å². The number of rotatable bonds is 1. The van der Waals surface area contributed by atoms with Crippen molar-refractivity contribution in [3.63, 3.8) is 0 Å². The summed E-state index contributed by atoms with van der Waals surface area (Å²) in [5, 5.41) is 0. The maximum absolute atomic E-state index is 11.0. The Bertz CT molecular complexity index is 51.4. The van der Waals surface area contributed by atoms with E-state index in [4.69, 9.17) is 0 Å². The largest absolute Gasteiger partial charge is 0.442 e. The van der Waals surface area contributed by atoms with Gasteiger partial charge in [-0.2, -0.15) is 13.2 Å². The van der Waals surface area contributed by atoms with Crippen molar-refractivity contribution in [1.29, 1.82) is 0 Å². The monoisotopic (exact) mass is 194 g/mol. The van der Waals surface area contributed by atoms with Gasteiger partial charge in [0, 0.05) is 0 Å². The lowest BCUT2D eigenvalue weighted by atomic mass is 11.6. The van der Waals surface area contributed by atoms with Gasteiger partial charge >= 0.3 is 5.51 Å². The van der Waals surface area contributed by atoms with Gasteiger partial charge in [0.1, 0.15) is 0 Å². The summed E-state index contributed by atoms with van der Waals surface area (Å²) in [6.07, 6.45) is 0. The van der Waals surface area contributed by atoms with Crippen LogP contribution in [0.2, 0.25) is 0 Å². The van der Waals surface area contributed by atoms with E-state index in [0.29, 0.717) is 0 Å². The predicted molar refractivity (Wildman–Crippen MR) is 27.4 cm³/mol. The number of halogens is 4. The Balaban J connectivity index is 3.15. The zero-order valence-corrected chi connectivity index (χ0v) is 5.53. The third kappa shape index (κ3) is 6.62. The van der Waals surface area contributed by atoms with Crippen molar-refractivity contribution < 1.29 is 13.2 Å². The SMILES string of the molecule is FC(F)(F)SCBr. The highest BCUT2D eigenvalue weighted by molar-refractivity contribution is 9.11. The zero-order valence-electron chi connectivity index (χ0n) is 3.13. The highest BCUT2D eigenvalue weighted by Crippen LogP contribution is 2.30. The van der Waals surface area contributed by atoms with E-state index in [-0.39, 0.29) is 16.4 Å². The van der Waals surface area contributed by atoms with Crippen molar-refractivity contribution >= 4 is 27.7 Å². The van der Waals surface area contributed by atoms with Gasteiger partial charge < -0.3 is 0 Å². The Morgan fingerprint density at radius 2 is 1.86 bits per heavy atom. The molecule has 0 atom stereocenters. The van der Waals surface area contributed by atoms with Gasteiger partial charge in [-0.3, -0.25) is 0 Å². The molecule has 0 aromatic heterocycles. The van der Waals surface area contributed by atoms with Crippen LogP contribution >= 0.6 is 27.7 Å². The first kappa shape index (κ1) is 7.62. The summed E-state index contributed by atoms with van der Waals surface area (Å²) in [5.41, 5.74) is -4.08. The van der Waals surface area contributed by atoms with Crippen LogP contribution in [0, 0.1) is 0 Å². The van der Waals surface area contributed by atoms with E-state index in [9.17, 15) is 13.2 Å². The van der Waals surface area contributed by atoms with Gasteiger partial charge in [0.15, 0.2) is 0 Å². The molecule has 0 rings (SSSR count). The summed E-state index contributed by atoms with van der Waals surface area (Å²) in [7, 11) is 0. The second-order valence-electron chi connectivity index (χ2n) is 0.699. The minimum Gasteiger partial charge on any atom is -0.160 e. The molecular weight excluding hydrogens is 193 g/mol. The van der Waals surface area contributed by atoms with Gasteiger partial charge in [-0.15, -0.1) is 0 Å². The maximum Gasteiger partial charge on any atom is 0.442 e. The van der Waals surface area contributed by atoms with Crippen LogP contribution in [-0.2, 0) is 0 Å². The molecule has 5 heteroatoms. The zero-order chi connectivity index (χ0) is 5.91. The van der Waals surface area contributed by atoms with E-state index in [1.807, 2.05) is 0 Å². The van der Waals surface area contributed by atoms with E-state index in [0.717, 1.165) is 0 Å². The topological polar surface area (TPSA) is 0 Å². The average Bonchev–Trinajstić information content (AvgIpc) is 1.30. The van der Waals surface area contributed by atoms with E-state index >= 15 is 0 Å². The lowest BCUT2D eigenvalue weighted by molar-refractivity contribution is -0.0324. The van der Waals surface area contributed by atoms with Crippen LogP contribution in [0.1, 0.15) is 0 Å². The third-order valence-electron chi connectivity index (χ3n) is 0.218. The molecule has 0 bridgehead atoms. The molecule has 7 heavy (non-hydrogen) atoms. The summed E-state index contributed by atoms with van der Waals surface area (Å²) >= 11 is 2.53. The Hall–Kier alpha value is 0.620. The highest BCUT2D eigenvalue weighted by atomic mass is 79.9. The number of hydrogen-bond acceptors (Lipinski definition) is 1. The fraction of sp³-hybridized carbons (Fsp3) is 1.00. The summed E-state index contributed by atoms with van der Waals surface area (Å²) in [5.74, 6) is 0. The molecule has 0 saturated carbocycles. The van der Waals surface area contributed by atoms with Gasteiger partial charge in [0.05, 0.1) is 4.66 Å². The van der Waals surface area contributed by atoms with Crippen LogP contribution in [0.15, 0.2) is 0 Å². The average molecular weight is 195 g/mol. The fourth-order valence-electron chi connectivity index (χ4n) is 0.0619. The lowest BCUT2D eigenvalue weighted by Crippen LogP contribution is -1.98. The van der Waals surface area contributed by atoms with Crippen LogP contribution in [0.4, 0.5) is 13.2 Å². The first-order valence-corrected chi connectivity index (χ1v) is 3.43. The van der Waals surface area contributed by atoms with Crippen molar-refractivity contribution in [2.75, 3.05) is 4.66 Å². The molecule has 0 saturated heterocycles. The minimum atomic E-state index is -4.08. The number of hydrogen-bond donors (Lipinski definition) is 0. The molecule has 0 aromatic carbocycles. The van der Waals surface area contributed by atoms with E-state index in [1.54, 1.807) is 0 Å². The molecule has 0 N–H and O–H groups in total. The fourth-order valence-corrected chi connectivity index (χ4v) is 0.964. The predicted octanol–water partition coefficient (Wildman–Crippen LogP) is 2.59. The lowest BCUT2D eigenvalue weighted by Gasteiger charge is -1.98. The standard InChI is InChI=1S/C2H2BrF3S/c3-1-7-2(4,5)6/h1H2. The van der Waals surface area contributed by atoms with Gasteiger partial charge in [-0.1, -0.05) is 15.9 Å². The molecule has 0 heterocycles. The molecule has 0 fully saturated rings. The Morgan fingerprint density at radius 1 is 1.43 bits per heavy atom. The van der Waals surface area contributed by atoms with Crippen LogP contribution in [-0.4, -0.2) is 10.2 Å². The van der Waals surface area contributed by atoms with Crippen LogP contribution < -0.4 is 0 Å². The molecular formula is C2H2BrF3S. The highest BCUT2D eigenvalue weighted by Gasteiger charge is 2.26. The molecule has 0 aliphatic heterocycles. The molecule has 0 unspecified atom stereocenters. The van der Waals surface area contributed by atoms with E-state index in [2.05, 4.69) is 15.9 Å². The second-order valence-corrected chi connectivity index (χ2v) is 3.04. The van der Waals surface area contributed by atoms with Crippen LogP contribution in [0.3, 0.4) is 0 Å². The normalized spacial score (nSPS) is 12.0. The first-order valence-electron chi connectivity index (χ1n) is 1.33. The van der Waals surface area contributed by atoms with Gasteiger partial charge in [-0.25, -0.2) is 0 Å². The van der Waals surface area contributed by atoms with E-state index in [1.165, 1.54) is 0 Å². The van der Waals surface area contributed by atoms with Crippen LogP contribution in [0.5, 0.6) is 0 Å². The smallest absolute Gasteiger partial charge is 0.160 e. The molecule has 0 aliphatic rings. The van der Waals surface area contributed by atoms with Crippen molar-refractivity contribution in [3.05, 3.63) is 0 Å². The third-order valence-corrected chi connectivity index (χ3v) is 1.34. The molecule has 0 aromatic rings. The molecule has 0 spiro atoms. The Kier molecular flexibility index (Phi) is 3.06. The van der Waals surface area contributed by atoms with Crippen molar-refractivity contribution in [1.82, 2.24) is 0 Å². The van der Waals surface area contributed by atoms with Gasteiger partial charge in [-0.05, 0) is 11.8 Å². The van der Waals surface area contributed by atoms with Gasteiger partial charge in [0.2, 0.25) is 0 Å². The minimum absolute atomic E-state index is 0.0868. The first-order chi connectivity index (χ1) is 3.06. The quantitative estimate of drug-likeness (QED) is 0.579. The Morgan fingerprint density at radius 3 is 1.86 bits per heavy atom. The molecule has 0 aliphatic carbocycles.